The van der Waals surface area contributed by atoms with Crippen LogP contribution in [0.1, 0.15) is 33.5 Å². The maximum absolute atomic E-state index is 11.9. The average molecular weight is 261 g/mol. The molecule has 0 unspecified atom stereocenters. The van der Waals surface area contributed by atoms with Crippen molar-refractivity contribution in [1.82, 2.24) is 9.97 Å². The Morgan fingerprint density at radius 1 is 1.39 bits per heavy atom. The van der Waals surface area contributed by atoms with Crippen LogP contribution in [0, 0.1) is 6.92 Å². The van der Waals surface area contributed by atoms with Crippen molar-refractivity contribution >= 4 is 28.2 Å². The molecule has 0 bridgehead atoms. The van der Waals surface area contributed by atoms with Crippen LogP contribution in [0.5, 0.6) is 0 Å². The van der Waals surface area contributed by atoms with Crippen LogP contribution in [0.4, 0.5) is 5.13 Å². The maximum atomic E-state index is 11.9. The topological polar surface area (TPSA) is 72.0 Å². The Hall–Kier alpha value is -2.08. The van der Waals surface area contributed by atoms with Gasteiger partial charge in [-0.1, -0.05) is 0 Å². The van der Waals surface area contributed by atoms with Crippen molar-refractivity contribution in [3.8, 4) is 0 Å². The van der Waals surface area contributed by atoms with E-state index < -0.39 is 0 Å². The van der Waals surface area contributed by atoms with Gasteiger partial charge in [-0.15, -0.1) is 11.3 Å². The molecule has 0 atom stereocenters. The van der Waals surface area contributed by atoms with Gasteiger partial charge >= 0.3 is 0 Å². The molecule has 0 radical (unpaired) electrons. The first-order chi connectivity index (χ1) is 8.56. The molecule has 2 heterocycles. The zero-order valence-electron chi connectivity index (χ0n) is 9.93. The van der Waals surface area contributed by atoms with Crippen LogP contribution in [0.2, 0.25) is 0 Å². The minimum Gasteiger partial charge on any atom is -0.298 e. The van der Waals surface area contributed by atoms with E-state index in [1.807, 2.05) is 6.92 Å². The largest absolute Gasteiger partial charge is 0.298 e. The molecule has 18 heavy (non-hydrogen) atoms. The second-order valence-corrected chi connectivity index (χ2v) is 4.59. The van der Waals surface area contributed by atoms with Crippen LogP contribution >= 0.6 is 11.3 Å². The molecule has 0 saturated heterocycles. The first-order valence-corrected chi connectivity index (χ1v) is 6.14. The number of aryl methyl sites for hydroxylation is 1. The third-order valence-corrected chi connectivity index (χ3v) is 3.00. The van der Waals surface area contributed by atoms with Crippen molar-refractivity contribution in [3.63, 3.8) is 0 Å². The van der Waals surface area contributed by atoms with Gasteiger partial charge in [-0.25, -0.2) is 4.98 Å². The first-order valence-electron chi connectivity index (χ1n) is 5.27. The highest BCUT2D eigenvalue weighted by Gasteiger charge is 2.10. The molecule has 0 fully saturated rings. The number of anilines is 1. The molecule has 0 aliphatic rings. The van der Waals surface area contributed by atoms with Crippen LogP contribution in [-0.4, -0.2) is 21.7 Å². The number of nitrogens with one attached hydrogen (secondary N) is 1. The molecule has 92 valence electrons. The summed E-state index contributed by atoms with van der Waals surface area (Å²) in [5.74, 6) is -0.378. The Labute approximate surface area is 108 Å². The molecule has 2 rings (SSSR count). The highest BCUT2D eigenvalue weighted by molar-refractivity contribution is 7.14. The van der Waals surface area contributed by atoms with Gasteiger partial charge in [0.2, 0.25) is 0 Å². The minimum atomic E-state index is -0.259. The maximum Gasteiger partial charge on any atom is 0.257 e. The number of aromatic nitrogens is 2. The van der Waals surface area contributed by atoms with E-state index in [1.165, 1.54) is 18.3 Å². The molecule has 0 aliphatic heterocycles. The quantitative estimate of drug-likeness (QED) is 0.860. The molecule has 0 aromatic carbocycles. The molecule has 2 aromatic rings. The van der Waals surface area contributed by atoms with E-state index >= 15 is 0 Å². The molecule has 6 heteroatoms. The van der Waals surface area contributed by atoms with E-state index in [-0.39, 0.29) is 11.7 Å². The highest BCUT2D eigenvalue weighted by atomic mass is 32.1. The number of rotatable bonds is 3. The van der Waals surface area contributed by atoms with Crippen LogP contribution in [0.3, 0.4) is 0 Å². The van der Waals surface area contributed by atoms with Gasteiger partial charge < -0.3 is 0 Å². The van der Waals surface area contributed by atoms with Crippen molar-refractivity contribution in [2.24, 2.45) is 0 Å². The summed E-state index contributed by atoms with van der Waals surface area (Å²) in [6, 6.07) is 3.32. The van der Waals surface area contributed by atoms with Crippen molar-refractivity contribution in [3.05, 3.63) is 40.7 Å². The Bertz CT molecular complexity index is 607. The van der Waals surface area contributed by atoms with Crippen LogP contribution in [-0.2, 0) is 0 Å². The second-order valence-electron chi connectivity index (χ2n) is 3.73. The van der Waals surface area contributed by atoms with E-state index in [9.17, 15) is 9.59 Å². The summed E-state index contributed by atoms with van der Waals surface area (Å²) in [7, 11) is 0. The normalized spacial score (nSPS) is 10.1. The summed E-state index contributed by atoms with van der Waals surface area (Å²) in [5.41, 5.74) is 1.65. The summed E-state index contributed by atoms with van der Waals surface area (Å²) in [6.45, 7) is 3.25. The zero-order valence-corrected chi connectivity index (χ0v) is 10.7. The number of hydrogen-bond donors (Lipinski definition) is 1. The summed E-state index contributed by atoms with van der Waals surface area (Å²) in [4.78, 5) is 31.0. The van der Waals surface area contributed by atoms with E-state index in [0.717, 1.165) is 5.69 Å². The number of thiazole rings is 1. The second kappa shape index (κ2) is 5.05. The average Bonchev–Trinajstić information content (AvgIpc) is 2.77. The van der Waals surface area contributed by atoms with Gasteiger partial charge in [0.25, 0.3) is 5.91 Å². The smallest absolute Gasteiger partial charge is 0.257 e. The van der Waals surface area contributed by atoms with E-state index in [4.69, 9.17) is 0 Å². The lowest BCUT2D eigenvalue weighted by Crippen LogP contribution is -2.12. The molecule has 1 amide bonds. The monoisotopic (exact) mass is 261 g/mol. The number of pyridine rings is 1. The lowest BCUT2D eigenvalue weighted by molar-refractivity contribution is 0.100. The SMILES string of the molecule is CC(=O)c1csc(NC(=O)c2ccnc(C)c2)n1. The van der Waals surface area contributed by atoms with Crippen molar-refractivity contribution < 1.29 is 9.59 Å². The van der Waals surface area contributed by atoms with Crippen molar-refractivity contribution in [1.29, 1.82) is 0 Å². The number of ketones is 1. The van der Waals surface area contributed by atoms with Gasteiger partial charge in [-0.05, 0) is 19.1 Å². The van der Waals surface area contributed by atoms with Crippen LogP contribution < -0.4 is 5.32 Å². The fourth-order valence-corrected chi connectivity index (χ4v) is 2.09. The fraction of sp³-hybridized carbons (Fsp3) is 0.167. The molecular weight excluding hydrogens is 250 g/mol. The lowest BCUT2D eigenvalue weighted by Gasteiger charge is -2.01. The van der Waals surface area contributed by atoms with Crippen molar-refractivity contribution in [2.45, 2.75) is 13.8 Å². The number of amides is 1. The van der Waals surface area contributed by atoms with Crippen LogP contribution in [0.25, 0.3) is 0 Å². The number of carbonyl (C=O) groups is 2. The third-order valence-electron chi connectivity index (χ3n) is 2.24. The Balaban J connectivity index is 2.13. The van der Waals surface area contributed by atoms with Gasteiger partial charge in [0.05, 0.1) is 0 Å². The van der Waals surface area contributed by atoms with Gasteiger partial charge in [-0.3, -0.25) is 19.9 Å². The standard InChI is InChI=1S/C12H11N3O2S/c1-7-5-9(3-4-13-7)11(17)15-12-14-10(6-18-12)8(2)16/h3-6H,1-2H3,(H,14,15,17). The van der Waals surface area contributed by atoms with E-state index in [2.05, 4.69) is 15.3 Å². The summed E-state index contributed by atoms with van der Waals surface area (Å²) in [5, 5.41) is 4.69. The minimum absolute atomic E-state index is 0.119. The molecule has 0 saturated carbocycles. The number of Topliss-reactive ketones (excluding diaryl/α,β-unsaturated/α-hetero) is 1. The highest BCUT2D eigenvalue weighted by Crippen LogP contribution is 2.16. The molecule has 0 aliphatic carbocycles. The number of nitrogens with zero attached hydrogens (tertiary/aromatic N) is 2. The lowest BCUT2D eigenvalue weighted by atomic mass is 10.2. The number of hydrogen-bond acceptors (Lipinski definition) is 5. The molecule has 2 aromatic heterocycles. The summed E-state index contributed by atoms with van der Waals surface area (Å²) in [6.07, 6.45) is 1.58. The summed E-state index contributed by atoms with van der Waals surface area (Å²) < 4.78 is 0. The molecule has 5 nitrogen and oxygen atoms in total. The Morgan fingerprint density at radius 2 is 2.17 bits per heavy atom. The van der Waals surface area contributed by atoms with Gasteiger partial charge in [-0.2, -0.15) is 0 Å². The first kappa shape index (κ1) is 12.4. The molecule has 1 N–H and O–H groups in total. The summed E-state index contributed by atoms with van der Waals surface area (Å²) >= 11 is 1.23. The van der Waals surface area contributed by atoms with E-state index in [0.29, 0.717) is 16.4 Å². The fourth-order valence-electron chi connectivity index (χ4n) is 1.35. The third kappa shape index (κ3) is 2.78. The Kier molecular flexibility index (Phi) is 3.47. The molecular formula is C12H11N3O2S. The predicted molar refractivity (Wildman–Crippen MR) is 69.0 cm³/mol. The number of carbonyl (C=O) groups excluding carboxylic acids is 2. The predicted octanol–water partition coefficient (Wildman–Crippen LogP) is 2.30. The van der Waals surface area contributed by atoms with Gasteiger partial charge in [0, 0.05) is 29.8 Å². The Morgan fingerprint density at radius 3 is 2.78 bits per heavy atom. The van der Waals surface area contributed by atoms with Crippen LogP contribution in [0.15, 0.2) is 23.7 Å². The van der Waals surface area contributed by atoms with Crippen molar-refractivity contribution in [2.75, 3.05) is 5.32 Å². The molecule has 0 spiro atoms. The van der Waals surface area contributed by atoms with Gasteiger partial charge in [0.1, 0.15) is 5.69 Å². The van der Waals surface area contributed by atoms with Gasteiger partial charge in [0.15, 0.2) is 10.9 Å². The van der Waals surface area contributed by atoms with E-state index in [1.54, 1.807) is 23.7 Å². The zero-order chi connectivity index (χ0) is 13.1.